The van der Waals surface area contributed by atoms with Crippen LogP contribution >= 0.6 is 28.1 Å². The van der Waals surface area contributed by atoms with E-state index in [1.807, 2.05) is 22.8 Å². The number of aromatic nitrogens is 2. The summed E-state index contributed by atoms with van der Waals surface area (Å²) in [7, 11) is 0. The van der Waals surface area contributed by atoms with Crippen LogP contribution in [-0.4, -0.2) is 21.5 Å². The number of hydrogen-bond donors (Lipinski definition) is 2. The summed E-state index contributed by atoms with van der Waals surface area (Å²) in [5, 5.41) is 2.97. The third kappa shape index (κ3) is 2.10. The molecule has 1 aromatic carbocycles. The second-order valence-electron chi connectivity index (χ2n) is 4.51. The van der Waals surface area contributed by atoms with E-state index < -0.39 is 0 Å². The summed E-state index contributed by atoms with van der Waals surface area (Å²) in [4.78, 5) is 14.4. The van der Waals surface area contributed by atoms with Gasteiger partial charge in [-0.3, -0.25) is 4.79 Å². The van der Waals surface area contributed by atoms with E-state index in [4.69, 9.17) is 12.2 Å². The molecule has 2 heterocycles. The van der Waals surface area contributed by atoms with E-state index >= 15 is 0 Å². The highest BCUT2D eigenvalue weighted by molar-refractivity contribution is 9.10. The Kier molecular flexibility index (Phi) is 2.99. The molecule has 1 saturated heterocycles. The molecule has 1 unspecified atom stereocenters. The molecule has 0 spiro atoms. The monoisotopic (exact) mass is 325 g/mol. The Morgan fingerprint density at radius 1 is 1.50 bits per heavy atom. The summed E-state index contributed by atoms with van der Waals surface area (Å²) in [5.41, 5.74) is 2.09. The summed E-state index contributed by atoms with van der Waals surface area (Å²) in [6, 6.07) is 6.20. The number of nitrogens with one attached hydrogen (secondary N) is 2. The van der Waals surface area contributed by atoms with Gasteiger partial charge in [0.05, 0.1) is 11.0 Å². The number of benzene rings is 1. The van der Waals surface area contributed by atoms with E-state index in [-0.39, 0.29) is 11.9 Å². The van der Waals surface area contributed by atoms with E-state index in [1.165, 1.54) is 0 Å². The van der Waals surface area contributed by atoms with Gasteiger partial charge in [0.15, 0.2) is 4.77 Å². The van der Waals surface area contributed by atoms with Gasteiger partial charge in [0.1, 0.15) is 0 Å². The van der Waals surface area contributed by atoms with Gasteiger partial charge in [-0.25, -0.2) is 0 Å². The Bertz CT molecular complexity index is 676. The van der Waals surface area contributed by atoms with Crippen LogP contribution in [0.5, 0.6) is 0 Å². The molecule has 1 aliphatic rings. The zero-order valence-electron chi connectivity index (χ0n) is 9.57. The molecule has 6 heteroatoms. The van der Waals surface area contributed by atoms with E-state index in [0.29, 0.717) is 11.2 Å². The molecule has 0 saturated carbocycles. The Morgan fingerprint density at radius 2 is 2.33 bits per heavy atom. The molecular weight excluding hydrogens is 314 g/mol. The van der Waals surface area contributed by atoms with E-state index in [1.54, 1.807) is 0 Å². The normalized spacial score (nSPS) is 19.4. The fourth-order valence-corrected chi connectivity index (χ4v) is 2.97. The molecule has 0 aliphatic carbocycles. The summed E-state index contributed by atoms with van der Waals surface area (Å²) < 4.78 is 3.77. The number of aromatic amines is 1. The van der Waals surface area contributed by atoms with Crippen molar-refractivity contribution in [2.75, 3.05) is 0 Å². The molecule has 94 valence electrons. The van der Waals surface area contributed by atoms with Gasteiger partial charge in [0, 0.05) is 23.5 Å². The van der Waals surface area contributed by atoms with Gasteiger partial charge in [0.25, 0.3) is 0 Å². The van der Waals surface area contributed by atoms with Crippen LogP contribution in [0.3, 0.4) is 0 Å². The number of rotatable bonds is 2. The Hall–Kier alpha value is -1.14. The molecule has 1 amide bonds. The summed E-state index contributed by atoms with van der Waals surface area (Å²) in [6.07, 6.45) is 1.49. The minimum atomic E-state index is 0.132. The van der Waals surface area contributed by atoms with E-state index in [9.17, 15) is 4.79 Å². The number of halogens is 1. The zero-order chi connectivity index (χ0) is 12.7. The maximum Gasteiger partial charge on any atom is 0.220 e. The smallest absolute Gasteiger partial charge is 0.220 e. The summed E-state index contributed by atoms with van der Waals surface area (Å²) in [5.74, 6) is 0.132. The highest BCUT2D eigenvalue weighted by Gasteiger charge is 2.21. The first-order chi connectivity index (χ1) is 8.63. The lowest BCUT2D eigenvalue weighted by atomic mass is 10.2. The van der Waals surface area contributed by atoms with Gasteiger partial charge in [-0.05, 0) is 36.8 Å². The molecule has 0 radical (unpaired) electrons. The molecule has 2 aromatic rings. The quantitative estimate of drug-likeness (QED) is 0.834. The van der Waals surface area contributed by atoms with Gasteiger partial charge >= 0.3 is 0 Å². The zero-order valence-corrected chi connectivity index (χ0v) is 12.0. The number of hydrogen-bond acceptors (Lipinski definition) is 2. The molecule has 1 fully saturated rings. The van der Waals surface area contributed by atoms with Gasteiger partial charge in [-0.15, -0.1) is 0 Å². The molecule has 1 atom stereocenters. The highest BCUT2D eigenvalue weighted by Crippen LogP contribution is 2.21. The minimum absolute atomic E-state index is 0.132. The highest BCUT2D eigenvalue weighted by atomic mass is 79.9. The average molecular weight is 326 g/mol. The molecule has 1 aromatic heterocycles. The van der Waals surface area contributed by atoms with Gasteiger partial charge in [0.2, 0.25) is 5.91 Å². The summed E-state index contributed by atoms with van der Waals surface area (Å²) in [6.45, 7) is 0.723. The number of carbonyl (C=O) groups excluding carboxylic acids is 1. The molecule has 4 nitrogen and oxygen atoms in total. The van der Waals surface area contributed by atoms with Crippen LogP contribution in [0.2, 0.25) is 0 Å². The van der Waals surface area contributed by atoms with Crippen LogP contribution < -0.4 is 5.32 Å². The van der Waals surface area contributed by atoms with Crippen LogP contribution in [-0.2, 0) is 11.3 Å². The standard InChI is InChI=1S/C12H12BrN3OS/c13-7-1-3-9-10(5-7)16(12(18)15-9)6-8-2-4-11(17)14-8/h1,3,5,8H,2,4,6H2,(H,14,17)(H,15,18). The van der Waals surface area contributed by atoms with Crippen LogP contribution in [0.15, 0.2) is 22.7 Å². The van der Waals surface area contributed by atoms with Gasteiger partial charge in [-0.1, -0.05) is 15.9 Å². The van der Waals surface area contributed by atoms with Crippen molar-refractivity contribution in [1.29, 1.82) is 0 Å². The largest absolute Gasteiger partial charge is 0.352 e. The second kappa shape index (κ2) is 4.51. The lowest BCUT2D eigenvalue weighted by Crippen LogP contribution is -2.29. The molecule has 1 aliphatic heterocycles. The van der Waals surface area contributed by atoms with Crippen LogP contribution in [0.4, 0.5) is 0 Å². The van der Waals surface area contributed by atoms with E-state index in [2.05, 4.69) is 26.2 Å². The van der Waals surface area contributed by atoms with Crippen LogP contribution in [0, 0.1) is 4.77 Å². The van der Waals surface area contributed by atoms with Crippen LogP contribution in [0.1, 0.15) is 12.8 Å². The predicted molar refractivity (Wildman–Crippen MR) is 76.0 cm³/mol. The fraction of sp³-hybridized carbons (Fsp3) is 0.333. The second-order valence-corrected chi connectivity index (χ2v) is 5.81. The van der Waals surface area contributed by atoms with Crippen molar-refractivity contribution >= 4 is 45.1 Å². The first kappa shape index (κ1) is 11.9. The topological polar surface area (TPSA) is 49.8 Å². The van der Waals surface area contributed by atoms with Crippen molar-refractivity contribution in [3.8, 4) is 0 Å². The lowest BCUT2D eigenvalue weighted by Gasteiger charge is -2.11. The Labute approximate surface area is 118 Å². The number of amides is 1. The van der Waals surface area contributed by atoms with Crippen LogP contribution in [0.25, 0.3) is 11.0 Å². The average Bonchev–Trinajstić information content (AvgIpc) is 2.86. The maximum absolute atomic E-state index is 11.2. The van der Waals surface area contributed by atoms with Gasteiger partial charge in [-0.2, -0.15) is 0 Å². The van der Waals surface area contributed by atoms with Crippen molar-refractivity contribution in [1.82, 2.24) is 14.9 Å². The third-order valence-corrected chi connectivity index (χ3v) is 4.04. The first-order valence-corrected chi connectivity index (χ1v) is 7.01. The Morgan fingerprint density at radius 3 is 3.06 bits per heavy atom. The predicted octanol–water partition coefficient (Wildman–Crippen LogP) is 2.74. The minimum Gasteiger partial charge on any atom is -0.352 e. The fourth-order valence-electron chi connectivity index (χ4n) is 2.34. The molecule has 0 bridgehead atoms. The van der Waals surface area contributed by atoms with Crippen molar-refractivity contribution in [3.63, 3.8) is 0 Å². The SMILES string of the molecule is O=C1CCC(Cn2c(=S)[nH]c3ccc(Br)cc32)N1. The molecular formula is C12H12BrN3OS. The third-order valence-electron chi connectivity index (χ3n) is 3.23. The lowest BCUT2D eigenvalue weighted by molar-refractivity contribution is -0.119. The summed E-state index contributed by atoms with van der Waals surface area (Å²) >= 11 is 8.81. The number of carbonyl (C=O) groups is 1. The number of fused-ring (bicyclic) bond motifs is 1. The Balaban J connectivity index is 2.00. The van der Waals surface area contributed by atoms with Crippen molar-refractivity contribution in [2.24, 2.45) is 0 Å². The number of nitrogens with zero attached hydrogens (tertiary/aromatic N) is 1. The first-order valence-electron chi connectivity index (χ1n) is 5.81. The van der Waals surface area contributed by atoms with Crippen molar-refractivity contribution in [2.45, 2.75) is 25.4 Å². The molecule has 2 N–H and O–H groups in total. The number of H-pyrrole nitrogens is 1. The van der Waals surface area contributed by atoms with Crippen molar-refractivity contribution in [3.05, 3.63) is 27.4 Å². The number of imidazole rings is 1. The van der Waals surface area contributed by atoms with E-state index in [0.717, 1.165) is 28.5 Å². The van der Waals surface area contributed by atoms with Crippen molar-refractivity contribution < 1.29 is 4.79 Å². The molecule has 18 heavy (non-hydrogen) atoms. The maximum atomic E-state index is 11.2. The van der Waals surface area contributed by atoms with Gasteiger partial charge < -0.3 is 14.9 Å². The molecule has 3 rings (SSSR count).